The molecule has 2 heterocycles. The molecule has 156 valence electrons. The van der Waals surface area contributed by atoms with E-state index in [0.29, 0.717) is 31.7 Å². The monoisotopic (exact) mass is 422 g/mol. The van der Waals surface area contributed by atoms with E-state index >= 15 is 0 Å². The first-order chi connectivity index (χ1) is 13.1. The second-order valence-electron chi connectivity index (χ2n) is 6.83. The quantitative estimate of drug-likeness (QED) is 0.715. The zero-order valence-corrected chi connectivity index (χ0v) is 16.5. The van der Waals surface area contributed by atoms with Crippen molar-refractivity contribution in [1.82, 2.24) is 5.32 Å². The summed E-state index contributed by atoms with van der Waals surface area (Å²) in [6, 6.07) is 0.892. The second kappa shape index (κ2) is 9.45. The number of aromatic amines is 1. The van der Waals surface area contributed by atoms with Crippen LogP contribution in [0, 0.1) is 5.92 Å². The number of hydrogen-bond acceptors (Lipinski definition) is 4. The third-order valence-electron chi connectivity index (χ3n) is 4.71. The molecule has 1 aromatic rings. The third kappa shape index (κ3) is 5.98. The molecule has 1 saturated heterocycles. The summed E-state index contributed by atoms with van der Waals surface area (Å²) < 4.78 is 43.3. The highest BCUT2D eigenvalue weighted by Gasteiger charge is 2.35. The molecule has 28 heavy (non-hydrogen) atoms. The lowest BCUT2D eigenvalue weighted by Crippen LogP contribution is -2.41. The third-order valence-corrected chi connectivity index (χ3v) is 5.00. The van der Waals surface area contributed by atoms with Crippen LogP contribution in [-0.4, -0.2) is 37.6 Å². The minimum atomic E-state index is -4.48. The molecule has 0 aromatic carbocycles. The van der Waals surface area contributed by atoms with Gasteiger partial charge in [0.05, 0.1) is 24.6 Å². The van der Waals surface area contributed by atoms with Crippen LogP contribution in [0.3, 0.4) is 0 Å². The van der Waals surface area contributed by atoms with Crippen LogP contribution in [0.5, 0.6) is 0 Å². The zero-order valence-electron chi connectivity index (χ0n) is 15.7. The number of piperidine rings is 1. The van der Waals surface area contributed by atoms with Crippen LogP contribution in [0.15, 0.2) is 12.3 Å². The largest absolute Gasteiger partial charge is 0.455 e. The van der Waals surface area contributed by atoms with E-state index in [2.05, 4.69) is 10.3 Å². The summed E-state index contributed by atoms with van der Waals surface area (Å²) in [6.45, 7) is 4.34. The summed E-state index contributed by atoms with van der Waals surface area (Å²) in [5.41, 5.74) is -0.851. The van der Waals surface area contributed by atoms with Crippen molar-refractivity contribution in [3.63, 3.8) is 0 Å². The first kappa shape index (κ1) is 22.3. The Labute approximate surface area is 166 Å². The normalized spacial score (nSPS) is 16.6. The summed E-state index contributed by atoms with van der Waals surface area (Å²) in [6.07, 6.45) is -1.91. The Morgan fingerprint density at radius 2 is 2.04 bits per heavy atom. The fourth-order valence-electron chi connectivity index (χ4n) is 2.88. The van der Waals surface area contributed by atoms with Crippen LogP contribution < -0.4 is 15.2 Å². The smallest absolute Gasteiger partial charge is 0.419 e. The van der Waals surface area contributed by atoms with Gasteiger partial charge in [-0.2, -0.15) is 13.2 Å². The Bertz CT molecular complexity index is 707. The van der Waals surface area contributed by atoms with Gasteiger partial charge in [0, 0.05) is 6.04 Å². The number of halogens is 4. The number of pyridine rings is 1. The highest BCUT2D eigenvalue weighted by atomic mass is 35.5. The summed E-state index contributed by atoms with van der Waals surface area (Å²) in [4.78, 5) is 28.2. The number of carbonyl (C=O) groups excluding carboxylic acids is 2. The number of esters is 1. The number of nitrogens with one attached hydrogen (secondary N) is 2. The van der Waals surface area contributed by atoms with E-state index < -0.39 is 17.7 Å². The molecule has 0 spiro atoms. The van der Waals surface area contributed by atoms with Gasteiger partial charge in [-0.05, 0) is 32.3 Å². The topological polar surface area (TPSA) is 72.8 Å². The molecule has 0 radical (unpaired) electrons. The minimum Gasteiger partial charge on any atom is -0.455 e. The molecule has 1 amide bonds. The Morgan fingerprint density at radius 1 is 1.39 bits per heavy atom. The number of alkyl halides is 3. The molecule has 1 atom stereocenters. The van der Waals surface area contributed by atoms with E-state index in [1.54, 1.807) is 4.90 Å². The molecule has 0 unspecified atom stereocenters. The van der Waals surface area contributed by atoms with E-state index in [0.717, 1.165) is 18.7 Å². The number of carbonyl (C=O) groups is 2. The molecule has 1 fully saturated rings. The molecule has 1 aliphatic heterocycles. The summed E-state index contributed by atoms with van der Waals surface area (Å²) in [5.74, 6) is -0.761. The number of anilines is 1. The molecule has 0 bridgehead atoms. The molecule has 1 aliphatic rings. The molecule has 2 N–H and O–H groups in total. The standard InChI is InChI=1S/C18H23ClF3N3O3/c1-3-11(2)24-15(26)10-28-17(27)12-4-6-25(7-5-12)16-14(19)8-13(9-23-16)18(20,21)22/h8-9,11-12H,3-7,10H2,1-2H3,(H,24,26)/p+1/t11-/m1/s1. The van der Waals surface area contributed by atoms with Gasteiger partial charge in [0.25, 0.3) is 11.7 Å². The molecule has 6 nitrogen and oxygen atoms in total. The van der Waals surface area contributed by atoms with Crippen molar-refractivity contribution >= 4 is 29.3 Å². The van der Waals surface area contributed by atoms with Gasteiger partial charge in [0.2, 0.25) is 0 Å². The Morgan fingerprint density at radius 3 is 2.57 bits per heavy atom. The average Bonchev–Trinajstić information content (AvgIpc) is 2.65. The Hall–Kier alpha value is -2.03. The fourth-order valence-corrected chi connectivity index (χ4v) is 3.17. The highest BCUT2D eigenvalue weighted by molar-refractivity contribution is 6.32. The SMILES string of the molecule is CC[C@@H](C)NC(=O)COC(=O)C1CCN(c2[nH+]cc(C(F)(F)F)cc2Cl)CC1. The lowest BCUT2D eigenvalue weighted by atomic mass is 9.97. The van der Waals surface area contributed by atoms with Crippen LogP contribution in [0.1, 0.15) is 38.7 Å². The van der Waals surface area contributed by atoms with Crippen molar-refractivity contribution in [2.45, 2.75) is 45.3 Å². The van der Waals surface area contributed by atoms with Gasteiger partial charge in [-0.15, -0.1) is 0 Å². The number of nitrogens with zero attached hydrogens (tertiary/aromatic N) is 1. The van der Waals surface area contributed by atoms with Crippen molar-refractivity contribution in [2.24, 2.45) is 5.92 Å². The van der Waals surface area contributed by atoms with Crippen molar-refractivity contribution < 1.29 is 32.5 Å². The molecule has 0 aliphatic carbocycles. The summed E-state index contributed by atoms with van der Waals surface area (Å²) >= 11 is 6.00. The van der Waals surface area contributed by atoms with Crippen LogP contribution in [0.25, 0.3) is 0 Å². The Balaban J connectivity index is 1.85. The lowest BCUT2D eigenvalue weighted by molar-refractivity contribution is -0.367. The van der Waals surface area contributed by atoms with Crippen molar-refractivity contribution in [3.8, 4) is 0 Å². The van der Waals surface area contributed by atoms with E-state index in [9.17, 15) is 22.8 Å². The van der Waals surface area contributed by atoms with Crippen molar-refractivity contribution in [1.29, 1.82) is 0 Å². The van der Waals surface area contributed by atoms with Crippen molar-refractivity contribution in [2.75, 3.05) is 24.6 Å². The average molecular weight is 423 g/mol. The maximum Gasteiger partial charge on any atom is 0.419 e. The molecule has 1 aromatic heterocycles. The van der Waals surface area contributed by atoms with Crippen LogP contribution >= 0.6 is 11.6 Å². The molecule has 0 saturated carbocycles. The predicted molar refractivity (Wildman–Crippen MR) is 96.8 cm³/mol. The maximum atomic E-state index is 12.7. The first-order valence-corrected chi connectivity index (χ1v) is 9.49. The van der Waals surface area contributed by atoms with E-state index in [-0.39, 0.29) is 29.5 Å². The van der Waals surface area contributed by atoms with Crippen LogP contribution in [0.4, 0.5) is 19.0 Å². The molecular formula is C18H24ClF3N3O3+. The zero-order chi connectivity index (χ0) is 20.9. The van der Waals surface area contributed by atoms with Gasteiger partial charge in [0.15, 0.2) is 6.61 Å². The van der Waals surface area contributed by atoms with Gasteiger partial charge in [-0.25, -0.2) is 4.98 Å². The number of ether oxygens (including phenoxy) is 1. The van der Waals surface area contributed by atoms with Crippen LogP contribution in [-0.2, 0) is 20.5 Å². The van der Waals surface area contributed by atoms with E-state index in [1.807, 2.05) is 13.8 Å². The fraction of sp³-hybridized carbons (Fsp3) is 0.611. The molecular weight excluding hydrogens is 399 g/mol. The van der Waals surface area contributed by atoms with E-state index in [1.165, 1.54) is 0 Å². The first-order valence-electron chi connectivity index (χ1n) is 9.11. The number of amides is 1. The van der Waals surface area contributed by atoms with E-state index in [4.69, 9.17) is 16.3 Å². The predicted octanol–water partition coefficient (Wildman–Crippen LogP) is 2.85. The van der Waals surface area contributed by atoms with Crippen molar-refractivity contribution in [3.05, 3.63) is 22.8 Å². The number of H-pyrrole nitrogens is 1. The van der Waals surface area contributed by atoms with Gasteiger partial charge in [0.1, 0.15) is 11.2 Å². The lowest BCUT2D eigenvalue weighted by Gasteiger charge is -2.27. The van der Waals surface area contributed by atoms with Gasteiger partial charge < -0.3 is 10.1 Å². The number of hydrogen-bond donors (Lipinski definition) is 1. The highest BCUT2D eigenvalue weighted by Crippen LogP contribution is 2.33. The summed E-state index contributed by atoms with van der Waals surface area (Å²) in [5, 5.41) is 2.68. The summed E-state index contributed by atoms with van der Waals surface area (Å²) in [7, 11) is 0. The van der Waals surface area contributed by atoms with Gasteiger partial charge in [-0.3, -0.25) is 14.5 Å². The minimum absolute atomic E-state index is 0.0131. The maximum absolute atomic E-state index is 12.7. The Kier molecular flexibility index (Phi) is 7.51. The van der Waals surface area contributed by atoms with Crippen LogP contribution in [0.2, 0.25) is 5.02 Å². The second-order valence-corrected chi connectivity index (χ2v) is 7.24. The van der Waals surface area contributed by atoms with Gasteiger partial charge >= 0.3 is 12.1 Å². The van der Waals surface area contributed by atoms with Gasteiger partial charge in [-0.1, -0.05) is 18.5 Å². The number of rotatable bonds is 6. The molecule has 10 heteroatoms. The number of aromatic nitrogens is 1. The molecule has 2 rings (SSSR count).